The van der Waals surface area contributed by atoms with E-state index in [-0.39, 0.29) is 11.5 Å². The smallest absolute Gasteiger partial charge is 0.336 e. The number of nitrogens with zero attached hydrogens (tertiary/aromatic N) is 3. The minimum absolute atomic E-state index is 0.145. The van der Waals surface area contributed by atoms with E-state index in [0.717, 1.165) is 4.88 Å². The van der Waals surface area contributed by atoms with Crippen molar-refractivity contribution < 1.29 is 14.7 Å². The first-order chi connectivity index (χ1) is 12.9. The second-order valence-corrected chi connectivity index (χ2v) is 7.76. The normalized spacial score (nSPS) is 11.0. The molecule has 7 nitrogen and oxygen atoms in total. The molecule has 0 atom stereocenters. The lowest BCUT2D eigenvalue weighted by Crippen LogP contribution is -2.12. The number of rotatable bonds is 4. The quantitative estimate of drug-likeness (QED) is 0.541. The number of fused-ring (bicyclic) bond motifs is 1. The standard InChI is InChI=1S/C18H14N4O3S2/c1-9-15-11(17(23)20-14-6-10(8-27-14)18(24)25)7-12(13-4-3-5-26-13)19-16(15)22(2)21-9/h3-8H,1-2H3,(H,20,23)(H,24,25). The maximum absolute atomic E-state index is 13.0. The van der Waals surface area contributed by atoms with Gasteiger partial charge in [-0.1, -0.05) is 6.07 Å². The second kappa shape index (κ2) is 6.60. The lowest BCUT2D eigenvalue weighted by atomic mass is 10.1. The number of carboxylic acid groups (broad SMARTS) is 1. The van der Waals surface area contributed by atoms with Crippen molar-refractivity contribution in [3.63, 3.8) is 0 Å². The number of aromatic nitrogens is 3. The van der Waals surface area contributed by atoms with Crippen molar-refractivity contribution in [1.29, 1.82) is 0 Å². The zero-order chi connectivity index (χ0) is 19.1. The van der Waals surface area contributed by atoms with E-state index in [1.807, 2.05) is 24.4 Å². The highest BCUT2D eigenvalue weighted by molar-refractivity contribution is 7.14. The predicted octanol–water partition coefficient (Wildman–Crippen LogP) is 4.02. The SMILES string of the molecule is Cc1nn(C)c2nc(-c3cccs3)cc(C(=O)Nc3cc(C(=O)O)cs3)c12. The van der Waals surface area contributed by atoms with Gasteiger partial charge < -0.3 is 10.4 Å². The summed E-state index contributed by atoms with van der Waals surface area (Å²) in [5.74, 6) is -1.35. The number of anilines is 1. The molecule has 4 aromatic heterocycles. The number of hydrogen-bond acceptors (Lipinski definition) is 6. The first-order valence-electron chi connectivity index (χ1n) is 7.95. The monoisotopic (exact) mass is 398 g/mol. The van der Waals surface area contributed by atoms with Crippen LogP contribution in [0.2, 0.25) is 0 Å². The molecule has 136 valence electrons. The van der Waals surface area contributed by atoms with Gasteiger partial charge in [-0.3, -0.25) is 9.48 Å². The van der Waals surface area contributed by atoms with Crippen LogP contribution in [0.5, 0.6) is 0 Å². The molecule has 0 aliphatic heterocycles. The Morgan fingerprint density at radius 3 is 2.74 bits per heavy atom. The molecule has 0 spiro atoms. The van der Waals surface area contributed by atoms with Crippen LogP contribution in [-0.2, 0) is 7.05 Å². The molecule has 0 aliphatic rings. The Morgan fingerprint density at radius 1 is 1.26 bits per heavy atom. The summed E-state index contributed by atoms with van der Waals surface area (Å²) in [5, 5.41) is 20.8. The Hall–Kier alpha value is -3.04. The summed E-state index contributed by atoms with van der Waals surface area (Å²) in [7, 11) is 1.79. The average molecular weight is 398 g/mol. The summed E-state index contributed by atoms with van der Waals surface area (Å²) >= 11 is 2.71. The van der Waals surface area contributed by atoms with Gasteiger partial charge in [0, 0.05) is 12.4 Å². The van der Waals surface area contributed by atoms with Gasteiger partial charge in [0.25, 0.3) is 5.91 Å². The van der Waals surface area contributed by atoms with Crippen LogP contribution in [0, 0.1) is 6.92 Å². The minimum Gasteiger partial charge on any atom is -0.478 e. The van der Waals surface area contributed by atoms with Gasteiger partial charge in [-0.2, -0.15) is 5.10 Å². The molecule has 1 amide bonds. The number of aromatic carboxylic acids is 1. The lowest BCUT2D eigenvalue weighted by molar-refractivity contribution is 0.0697. The van der Waals surface area contributed by atoms with E-state index in [9.17, 15) is 9.59 Å². The summed E-state index contributed by atoms with van der Waals surface area (Å²) in [4.78, 5) is 29.6. The summed E-state index contributed by atoms with van der Waals surface area (Å²) in [6.45, 7) is 1.83. The summed E-state index contributed by atoms with van der Waals surface area (Å²) < 4.78 is 1.66. The fraction of sp³-hybridized carbons (Fsp3) is 0.111. The molecule has 2 N–H and O–H groups in total. The van der Waals surface area contributed by atoms with Crippen LogP contribution < -0.4 is 5.32 Å². The molecular formula is C18H14N4O3S2. The highest BCUT2D eigenvalue weighted by Gasteiger charge is 2.20. The number of carbonyl (C=O) groups excluding carboxylic acids is 1. The molecule has 0 saturated heterocycles. The highest BCUT2D eigenvalue weighted by atomic mass is 32.1. The first kappa shape index (κ1) is 17.4. The third-order valence-corrected chi connectivity index (χ3v) is 5.81. The van der Waals surface area contributed by atoms with Crippen molar-refractivity contribution in [3.8, 4) is 10.6 Å². The highest BCUT2D eigenvalue weighted by Crippen LogP contribution is 2.30. The molecule has 0 fully saturated rings. The zero-order valence-electron chi connectivity index (χ0n) is 14.4. The number of amides is 1. The molecule has 0 aromatic carbocycles. The van der Waals surface area contributed by atoms with Crippen molar-refractivity contribution in [2.75, 3.05) is 5.32 Å². The van der Waals surface area contributed by atoms with Crippen LogP contribution in [0.1, 0.15) is 26.4 Å². The van der Waals surface area contributed by atoms with E-state index >= 15 is 0 Å². The Bertz CT molecular complexity index is 1180. The third kappa shape index (κ3) is 3.11. The van der Waals surface area contributed by atoms with Gasteiger partial charge in [-0.25, -0.2) is 9.78 Å². The van der Waals surface area contributed by atoms with Gasteiger partial charge in [0.2, 0.25) is 0 Å². The molecule has 0 radical (unpaired) electrons. The lowest BCUT2D eigenvalue weighted by Gasteiger charge is -2.07. The zero-order valence-corrected chi connectivity index (χ0v) is 16.0. The van der Waals surface area contributed by atoms with Crippen LogP contribution >= 0.6 is 22.7 Å². The summed E-state index contributed by atoms with van der Waals surface area (Å²) in [5.41, 5.74) is 2.63. The van der Waals surface area contributed by atoms with Crippen LogP contribution in [0.25, 0.3) is 21.6 Å². The molecule has 0 saturated carbocycles. The van der Waals surface area contributed by atoms with Gasteiger partial charge in [0.1, 0.15) is 0 Å². The van der Waals surface area contributed by atoms with E-state index in [2.05, 4.69) is 15.4 Å². The molecular weight excluding hydrogens is 384 g/mol. The fourth-order valence-electron chi connectivity index (χ4n) is 2.87. The summed E-state index contributed by atoms with van der Waals surface area (Å²) in [6.07, 6.45) is 0. The summed E-state index contributed by atoms with van der Waals surface area (Å²) in [6, 6.07) is 7.07. The van der Waals surface area contributed by atoms with E-state index in [1.54, 1.807) is 29.1 Å². The number of nitrogens with one attached hydrogen (secondary N) is 1. The Kier molecular flexibility index (Phi) is 4.25. The van der Waals surface area contributed by atoms with Crippen molar-refractivity contribution in [2.45, 2.75) is 6.92 Å². The maximum Gasteiger partial charge on any atom is 0.336 e. The number of aryl methyl sites for hydroxylation is 2. The molecule has 0 aliphatic carbocycles. The molecule has 4 aromatic rings. The van der Waals surface area contributed by atoms with Gasteiger partial charge in [0.05, 0.1) is 37.8 Å². The Morgan fingerprint density at radius 2 is 2.07 bits per heavy atom. The van der Waals surface area contributed by atoms with E-state index < -0.39 is 5.97 Å². The number of hydrogen-bond donors (Lipinski definition) is 2. The van der Waals surface area contributed by atoms with E-state index in [4.69, 9.17) is 5.11 Å². The van der Waals surface area contributed by atoms with Gasteiger partial charge in [-0.15, -0.1) is 22.7 Å². The number of pyridine rings is 1. The van der Waals surface area contributed by atoms with Crippen LogP contribution in [0.3, 0.4) is 0 Å². The predicted molar refractivity (Wildman–Crippen MR) is 106 cm³/mol. The van der Waals surface area contributed by atoms with Crippen molar-refractivity contribution in [1.82, 2.24) is 14.8 Å². The largest absolute Gasteiger partial charge is 0.478 e. The Balaban J connectivity index is 1.81. The third-order valence-electron chi connectivity index (χ3n) is 4.07. The van der Waals surface area contributed by atoms with E-state index in [1.165, 1.54) is 22.8 Å². The molecule has 4 heterocycles. The molecule has 27 heavy (non-hydrogen) atoms. The van der Waals surface area contributed by atoms with Crippen molar-refractivity contribution in [2.24, 2.45) is 7.05 Å². The van der Waals surface area contributed by atoms with Crippen molar-refractivity contribution in [3.05, 3.63) is 51.8 Å². The molecule has 0 unspecified atom stereocenters. The topological polar surface area (TPSA) is 97.1 Å². The molecule has 4 rings (SSSR count). The second-order valence-electron chi connectivity index (χ2n) is 5.90. The van der Waals surface area contributed by atoms with Crippen LogP contribution in [-0.4, -0.2) is 31.7 Å². The van der Waals surface area contributed by atoms with Crippen molar-refractivity contribution >= 4 is 50.6 Å². The van der Waals surface area contributed by atoms with Gasteiger partial charge in [-0.05, 0) is 30.5 Å². The number of thiophene rings is 2. The van der Waals surface area contributed by atoms with Crippen LogP contribution in [0.15, 0.2) is 35.0 Å². The molecule has 0 bridgehead atoms. The Labute approximate surface area is 161 Å². The number of carboxylic acids is 1. The fourth-order valence-corrected chi connectivity index (χ4v) is 4.32. The average Bonchev–Trinajstić information content (AvgIpc) is 3.36. The van der Waals surface area contributed by atoms with Gasteiger partial charge >= 0.3 is 5.97 Å². The minimum atomic E-state index is -1.03. The van der Waals surface area contributed by atoms with Gasteiger partial charge in [0.15, 0.2) is 5.65 Å². The maximum atomic E-state index is 13.0. The van der Waals surface area contributed by atoms with Crippen LogP contribution in [0.4, 0.5) is 5.00 Å². The van der Waals surface area contributed by atoms with E-state index in [0.29, 0.717) is 33.0 Å². The first-order valence-corrected chi connectivity index (χ1v) is 9.71. The number of carbonyl (C=O) groups is 2. The molecule has 9 heteroatoms.